The van der Waals surface area contributed by atoms with Gasteiger partial charge < -0.3 is 14.8 Å². The number of non-ortho nitro benzene ring substituents is 1. The monoisotopic (exact) mass is 408 g/mol. The van der Waals surface area contributed by atoms with E-state index in [0.29, 0.717) is 11.5 Å². The Hall–Kier alpha value is -2.61. The van der Waals surface area contributed by atoms with Gasteiger partial charge in [0.05, 0.1) is 17.7 Å². The second-order valence-corrected chi connectivity index (χ2v) is 6.14. The normalized spacial score (nSPS) is 10.2. The molecule has 2 rings (SSSR count). The maximum Gasteiger partial charge on any atom is 0.271 e. The third-order valence-corrected chi connectivity index (χ3v) is 4.70. The highest BCUT2D eigenvalue weighted by Crippen LogP contribution is 2.29. The molecule has 1 amide bonds. The number of nitro groups is 1. The highest BCUT2D eigenvalue weighted by atomic mass is 79.9. The van der Waals surface area contributed by atoms with Crippen LogP contribution in [-0.4, -0.2) is 24.5 Å². The number of rotatable bonds is 6. The molecule has 1 N–H and O–H groups in total. The fraction of sp³-hybridized carbons (Fsp3) is 0.235. The van der Waals surface area contributed by atoms with Crippen molar-refractivity contribution < 1.29 is 19.2 Å². The predicted octanol–water partition coefficient (Wildman–Crippen LogP) is 4.00. The number of carbonyl (C=O) groups is 1. The van der Waals surface area contributed by atoms with Crippen LogP contribution in [0.25, 0.3) is 0 Å². The molecule has 0 heterocycles. The summed E-state index contributed by atoms with van der Waals surface area (Å²) in [4.78, 5) is 22.4. The summed E-state index contributed by atoms with van der Waals surface area (Å²) in [5.74, 6) is 0.450. The molecule has 132 valence electrons. The van der Waals surface area contributed by atoms with Crippen molar-refractivity contribution in [2.24, 2.45) is 0 Å². The largest absolute Gasteiger partial charge is 0.495 e. The van der Waals surface area contributed by atoms with Crippen molar-refractivity contribution in [3.63, 3.8) is 0 Å². The quantitative estimate of drug-likeness (QED) is 0.575. The number of hydrogen-bond acceptors (Lipinski definition) is 5. The minimum Gasteiger partial charge on any atom is -0.495 e. The van der Waals surface area contributed by atoms with E-state index in [-0.39, 0.29) is 18.0 Å². The van der Waals surface area contributed by atoms with Gasteiger partial charge >= 0.3 is 0 Å². The Labute approximate surface area is 153 Å². The Kier molecular flexibility index (Phi) is 5.97. The molecule has 0 fully saturated rings. The van der Waals surface area contributed by atoms with E-state index in [4.69, 9.17) is 9.47 Å². The number of amides is 1. The van der Waals surface area contributed by atoms with Crippen LogP contribution in [0.15, 0.2) is 34.8 Å². The molecule has 2 aromatic carbocycles. The van der Waals surface area contributed by atoms with E-state index in [1.54, 1.807) is 0 Å². The Balaban J connectivity index is 2.08. The summed E-state index contributed by atoms with van der Waals surface area (Å²) < 4.78 is 11.6. The zero-order valence-corrected chi connectivity index (χ0v) is 15.5. The van der Waals surface area contributed by atoms with Crippen molar-refractivity contribution in [1.29, 1.82) is 0 Å². The van der Waals surface area contributed by atoms with E-state index in [1.165, 1.54) is 25.3 Å². The molecule has 0 spiro atoms. The molecule has 7 nitrogen and oxygen atoms in total. The number of hydrogen-bond donors (Lipinski definition) is 1. The van der Waals surface area contributed by atoms with Gasteiger partial charge in [0.1, 0.15) is 11.5 Å². The van der Waals surface area contributed by atoms with Gasteiger partial charge in [0.25, 0.3) is 11.6 Å². The maximum atomic E-state index is 12.1. The molecule has 2 aromatic rings. The first-order valence-electron chi connectivity index (χ1n) is 7.33. The zero-order chi connectivity index (χ0) is 18.6. The van der Waals surface area contributed by atoms with Crippen molar-refractivity contribution in [2.45, 2.75) is 13.8 Å². The average molecular weight is 409 g/mol. The van der Waals surface area contributed by atoms with Crippen LogP contribution >= 0.6 is 15.9 Å². The van der Waals surface area contributed by atoms with Gasteiger partial charge in [-0.25, -0.2) is 0 Å². The summed E-state index contributed by atoms with van der Waals surface area (Å²) in [5, 5.41) is 13.4. The molecule has 0 saturated carbocycles. The highest BCUT2D eigenvalue weighted by Gasteiger charge is 2.14. The lowest BCUT2D eigenvalue weighted by Gasteiger charge is -2.12. The number of aryl methyl sites for hydroxylation is 2. The number of ether oxygens (including phenoxy) is 2. The third-order valence-electron chi connectivity index (χ3n) is 3.45. The van der Waals surface area contributed by atoms with Gasteiger partial charge in [-0.1, -0.05) is 15.9 Å². The minimum absolute atomic E-state index is 0.142. The smallest absolute Gasteiger partial charge is 0.271 e. The summed E-state index contributed by atoms with van der Waals surface area (Å²) in [6.45, 7) is 3.63. The number of methoxy groups -OCH3 is 1. The summed E-state index contributed by atoms with van der Waals surface area (Å²) in [6, 6.07) is 7.61. The lowest BCUT2D eigenvalue weighted by molar-refractivity contribution is -0.384. The molecule has 0 atom stereocenters. The summed E-state index contributed by atoms with van der Waals surface area (Å²) in [7, 11) is 1.42. The fourth-order valence-corrected chi connectivity index (χ4v) is 2.46. The lowest BCUT2D eigenvalue weighted by Crippen LogP contribution is -2.20. The van der Waals surface area contributed by atoms with Gasteiger partial charge in [-0.15, -0.1) is 0 Å². The first kappa shape index (κ1) is 18.7. The van der Waals surface area contributed by atoms with Gasteiger partial charge in [-0.3, -0.25) is 14.9 Å². The van der Waals surface area contributed by atoms with Crippen molar-refractivity contribution >= 4 is 33.2 Å². The van der Waals surface area contributed by atoms with Crippen LogP contribution in [0.1, 0.15) is 11.1 Å². The first-order valence-corrected chi connectivity index (χ1v) is 8.13. The molecule has 0 aliphatic carbocycles. The molecule has 0 bridgehead atoms. The van der Waals surface area contributed by atoms with Gasteiger partial charge in [-0.05, 0) is 43.2 Å². The molecule has 0 saturated heterocycles. The van der Waals surface area contributed by atoms with E-state index in [2.05, 4.69) is 21.2 Å². The average Bonchev–Trinajstić information content (AvgIpc) is 2.57. The Bertz CT molecular complexity index is 800. The van der Waals surface area contributed by atoms with Gasteiger partial charge in [0.15, 0.2) is 6.61 Å². The third kappa shape index (κ3) is 4.69. The van der Waals surface area contributed by atoms with E-state index in [0.717, 1.165) is 15.6 Å². The number of carbonyl (C=O) groups excluding carboxylic acids is 1. The Morgan fingerprint density at radius 3 is 2.44 bits per heavy atom. The number of nitrogens with one attached hydrogen (secondary N) is 1. The van der Waals surface area contributed by atoms with E-state index >= 15 is 0 Å². The van der Waals surface area contributed by atoms with Crippen LogP contribution in [0.4, 0.5) is 11.4 Å². The summed E-state index contributed by atoms with van der Waals surface area (Å²) >= 11 is 3.47. The van der Waals surface area contributed by atoms with E-state index in [9.17, 15) is 14.9 Å². The van der Waals surface area contributed by atoms with Gasteiger partial charge in [-0.2, -0.15) is 0 Å². The number of benzene rings is 2. The Morgan fingerprint density at radius 1 is 1.24 bits per heavy atom. The molecular weight excluding hydrogens is 392 g/mol. The van der Waals surface area contributed by atoms with Crippen LogP contribution in [0.2, 0.25) is 0 Å². The van der Waals surface area contributed by atoms with Crippen LogP contribution in [0.5, 0.6) is 11.5 Å². The molecule has 8 heteroatoms. The minimum atomic E-state index is -0.543. The molecule has 0 aliphatic rings. The van der Waals surface area contributed by atoms with Crippen molar-refractivity contribution in [1.82, 2.24) is 0 Å². The molecule has 0 aliphatic heterocycles. The molecule has 0 aromatic heterocycles. The standard InChI is InChI=1S/C17H17BrN2O5/c1-10-6-13(7-11(2)17(10)18)25-9-16(21)19-14-8-12(20(22)23)4-5-15(14)24-3/h4-8H,9H2,1-3H3,(H,19,21). The van der Waals surface area contributed by atoms with Crippen LogP contribution < -0.4 is 14.8 Å². The SMILES string of the molecule is COc1ccc([N+](=O)[O-])cc1NC(=O)COc1cc(C)c(Br)c(C)c1. The predicted molar refractivity (Wildman–Crippen MR) is 97.4 cm³/mol. The lowest BCUT2D eigenvalue weighted by atomic mass is 10.1. The number of halogens is 1. The van der Waals surface area contributed by atoms with Crippen molar-refractivity contribution in [2.75, 3.05) is 19.0 Å². The van der Waals surface area contributed by atoms with Crippen molar-refractivity contribution in [3.05, 3.63) is 56.0 Å². The number of nitro benzene ring substituents is 1. The maximum absolute atomic E-state index is 12.1. The zero-order valence-electron chi connectivity index (χ0n) is 14.0. The summed E-state index contributed by atoms with van der Waals surface area (Å²) in [5.41, 5.74) is 2.07. The molecule has 0 radical (unpaired) electrons. The summed E-state index contributed by atoms with van der Waals surface area (Å²) in [6.07, 6.45) is 0. The highest BCUT2D eigenvalue weighted by molar-refractivity contribution is 9.10. The van der Waals surface area contributed by atoms with Crippen LogP contribution in [0.3, 0.4) is 0 Å². The molecular formula is C17H17BrN2O5. The molecule has 0 unspecified atom stereocenters. The molecule has 25 heavy (non-hydrogen) atoms. The van der Waals surface area contributed by atoms with E-state index in [1.807, 2.05) is 26.0 Å². The van der Waals surface area contributed by atoms with Crippen LogP contribution in [0, 0.1) is 24.0 Å². The van der Waals surface area contributed by atoms with Crippen molar-refractivity contribution in [3.8, 4) is 11.5 Å². The van der Waals surface area contributed by atoms with E-state index < -0.39 is 10.8 Å². The fourth-order valence-electron chi connectivity index (χ4n) is 2.23. The topological polar surface area (TPSA) is 90.7 Å². The second kappa shape index (κ2) is 7.98. The second-order valence-electron chi connectivity index (χ2n) is 5.35. The van der Waals surface area contributed by atoms with Gasteiger partial charge in [0.2, 0.25) is 0 Å². The van der Waals surface area contributed by atoms with Gasteiger partial charge in [0, 0.05) is 16.6 Å². The number of nitrogens with zero attached hydrogens (tertiary/aromatic N) is 1. The first-order chi connectivity index (χ1) is 11.8. The van der Waals surface area contributed by atoms with Crippen LogP contribution in [-0.2, 0) is 4.79 Å². The Morgan fingerprint density at radius 2 is 1.88 bits per heavy atom. The number of anilines is 1.